The molecule has 0 bridgehead atoms. The van der Waals surface area contributed by atoms with Crippen LogP contribution in [-0.4, -0.2) is 19.2 Å². The van der Waals surface area contributed by atoms with E-state index < -0.39 is 0 Å². The van der Waals surface area contributed by atoms with Gasteiger partial charge in [0.2, 0.25) is 0 Å². The minimum Gasteiger partial charge on any atom is -0.496 e. The Morgan fingerprint density at radius 2 is 2.13 bits per heavy atom. The Bertz CT molecular complexity index is 551. The van der Waals surface area contributed by atoms with E-state index in [-0.39, 0.29) is 12.1 Å². The van der Waals surface area contributed by atoms with Gasteiger partial charge in [-0.2, -0.15) is 0 Å². The molecule has 1 aromatic rings. The third kappa shape index (κ3) is 4.47. The molecule has 1 aliphatic rings. The topological polar surface area (TPSA) is 44.8 Å². The van der Waals surface area contributed by atoms with Crippen LogP contribution in [0.3, 0.4) is 0 Å². The number of hydrogen-bond donors (Lipinski definition) is 0. The van der Waals surface area contributed by atoms with Crippen molar-refractivity contribution in [1.82, 2.24) is 0 Å². The van der Waals surface area contributed by atoms with Gasteiger partial charge in [0, 0.05) is 17.5 Å². The van der Waals surface area contributed by atoms with Gasteiger partial charge in [-0.05, 0) is 38.3 Å². The Morgan fingerprint density at radius 1 is 1.35 bits per heavy atom. The maximum Gasteiger partial charge on any atom is 0.311 e. The molecule has 0 N–H and O–H groups in total. The summed E-state index contributed by atoms with van der Waals surface area (Å²) in [7, 11) is 1.65. The van der Waals surface area contributed by atoms with Crippen LogP contribution in [0.25, 0.3) is 0 Å². The fourth-order valence-corrected chi connectivity index (χ4v) is 2.98. The molecule has 1 unspecified atom stereocenters. The van der Waals surface area contributed by atoms with E-state index in [2.05, 4.69) is 13.8 Å². The van der Waals surface area contributed by atoms with Crippen LogP contribution >= 0.6 is 0 Å². The monoisotopic (exact) mass is 320 g/mol. The van der Waals surface area contributed by atoms with E-state index in [1.165, 1.54) is 0 Å². The fourth-order valence-electron chi connectivity index (χ4n) is 2.98. The van der Waals surface area contributed by atoms with Crippen LogP contribution < -0.4 is 9.47 Å². The van der Waals surface area contributed by atoms with Gasteiger partial charge in [-0.25, -0.2) is 0 Å². The first-order valence-electron chi connectivity index (χ1n) is 8.58. The first kappa shape index (κ1) is 17.8. The molecule has 0 spiro atoms. The lowest BCUT2D eigenvalue weighted by Gasteiger charge is -2.26. The highest BCUT2D eigenvalue weighted by molar-refractivity contribution is 5.74. The van der Waals surface area contributed by atoms with Crippen molar-refractivity contribution in [2.75, 3.05) is 7.11 Å². The van der Waals surface area contributed by atoms with E-state index in [0.29, 0.717) is 18.8 Å². The summed E-state index contributed by atoms with van der Waals surface area (Å²) in [4.78, 5) is 12.2. The number of methoxy groups -OCH3 is 1. The van der Waals surface area contributed by atoms with E-state index in [1.54, 1.807) is 7.11 Å². The Hall–Kier alpha value is -1.55. The second-order valence-corrected chi connectivity index (χ2v) is 6.28. The van der Waals surface area contributed by atoms with E-state index in [4.69, 9.17) is 14.2 Å². The molecule has 0 aliphatic carbocycles. The molecule has 1 aromatic carbocycles. The fraction of sp³-hybridized carbons (Fsp3) is 0.632. The summed E-state index contributed by atoms with van der Waals surface area (Å²) in [5.74, 6) is 1.23. The summed E-state index contributed by atoms with van der Waals surface area (Å²) >= 11 is 0. The summed E-state index contributed by atoms with van der Waals surface area (Å²) in [6, 6.07) is 2.04. The molecule has 0 saturated heterocycles. The van der Waals surface area contributed by atoms with Crippen LogP contribution in [0.2, 0.25) is 0 Å². The maximum absolute atomic E-state index is 12.2. The molecule has 1 heterocycles. The second-order valence-electron chi connectivity index (χ2n) is 6.28. The van der Waals surface area contributed by atoms with E-state index in [0.717, 1.165) is 54.5 Å². The average Bonchev–Trinajstić information content (AvgIpc) is 2.54. The molecule has 0 saturated carbocycles. The highest BCUT2D eigenvalue weighted by Crippen LogP contribution is 2.38. The molecule has 2 rings (SSSR count). The molecule has 23 heavy (non-hydrogen) atoms. The third-order valence-corrected chi connectivity index (χ3v) is 4.37. The largest absolute Gasteiger partial charge is 0.496 e. The van der Waals surface area contributed by atoms with Gasteiger partial charge in [0.1, 0.15) is 11.5 Å². The van der Waals surface area contributed by atoms with Crippen LogP contribution in [0.15, 0.2) is 6.07 Å². The van der Waals surface area contributed by atoms with Crippen molar-refractivity contribution in [3.63, 3.8) is 0 Å². The molecule has 0 amide bonds. The van der Waals surface area contributed by atoms with Crippen LogP contribution in [0.5, 0.6) is 11.5 Å². The lowest BCUT2D eigenvalue weighted by atomic mass is 9.95. The number of rotatable bonds is 7. The summed E-state index contributed by atoms with van der Waals surface area (Å²) in [6.07, 6.45) is 5.72. The summed E-state index contributed by atoms with van der Waals surface area (Å²) in [6.45, 7) is 6.62. The van der Waals surface area contributed by atoms with E-state index in [9.17, 15) is 4.79 Å². The zero-order chi connectivity index (χ0) is 16.8. The van der Waals surface area contributed by atoms with Crippen LogP contribution in [0.4, 0.5) is 0 Å². The molecular weight excluding hydrogens is 292 g/mol. The smallest absolute Gasteiger partial charge is 0.311 e. The molecule has 0 fully saturated rings. The van der Waals surface area contributed by atoms with Gasteiger partial charge in [0.25, 0.3) is 0 Å². The van der Waals surface area contributed by atoms with Crippen LogP contribution in [-0.2, 0) is 22.6 Å². The molecule has 0 aromatic heterocycles. The number of carbonyl (C=O) groups excluding carboxylic acids is 1. The van der Waals surface area contributed by atoms with Gasteiger partial charge in [-0.3, -0.25) is 4.79 Å². The Kier molecular flexibility index (Phi) is 6.46. The van der Waals surface area contributed by atoms with Crippen molar-refractivity contribution in [3.8, 4) is 11.5 Å². The number of unbranched alkanes of at least 4 members (excludes halogenated alkanes) is 3. The first-order valence-corrected chi connectivity index (χ1v) is 8.58. The molecule has 1 aliphatic heterocycles. The van der Waals surface area contributed by atoms with Gasteiger partial charge in [-0.1, -0.05) is 26.2 Å². The average molecular weight is 320 g/mol. The zero-order valence-corrected chi connectivity index (χ0v) is 14.7. The van der Waals surface area contributed by atoms with E-state index in [1.807, 2.05) is 13.0 Å². The van der Waals surface area contributed by atoms with Gasteiger partial charge in [-0.15, -0.1) is 0 Å². The van der Waals surface area contributed by atoms with Gasteiger partial charge in [0.05, 0.1) is 19.8 Å². The minimum absolute atomic E-state index is 0.168. The van der Waals surface area contributed by atoms with Crippen LogP contribution in [0, 0.1) is 6.92 Å². The van der Waals surface area contributed by atoms with Crippen molar-refractivity contribution in [2.24, 2.45) is 0 Å². The summed E-state index contributed by atoms with van der Waals surface area (Å²) < 4.78 is 16.9. The number of fused-ring (bicyclic) bond motifs is 1. The number of carbonyl (C=O) groups is 1. The van der Waals surface area contributed by atoms with Crippen molar-refractivity contribution >= 4 is 5.97 Å². The zero-order valence-electron chi connectivity index (χ0n) is 14.7. The van der Waals surface area contributed by atoms with Gasteiger partial charge in [0.15, 0.2) is 0 Å². The van der Waals surface area contributed by atoms with Crippen molar-refractivity contribution < 1.29 is 19.0 Å². The number of esters is 1. The molecular formula is C19H28O4. The third-order valence-electron chi connectivity index (χ3n) is 4.37. The van der Waals surface area contributed by atoms with Crippen molar-refractivity contribution in [2.45, 2.75) is 72.0 Å². The Balaban J connectivity index is 2.16. The predicted molar refractivity (Wildman–Crippen MR) is 90.1 cm³/mol. The van der Waals surface area contributed by atoms with Gasteiger partial charge >= 0.3 is 5.97 Å². The molecule has 0 radical (unpaired) electrons. The maximum atomic E-state index is 12.2. The summed E-state index contributed by atoms with van der Waals surface area (Å²) in [5, 5.41) is 0. The normalized spacial score (nSPS) is 16.8. The lowest BCUT2D eigenvalue weighted by Crippen LogP contribution is -2.21. The van der Waals surface area contributed by atoms with Crippen molar-refractivity contribution in [1.29, 1.82) is 0 Å². The van der Waals surface area contributed by atoms with E-state index >= 15 is 0 Å². The number of ether oxygens (including phenoxy) is 3. The first-order chi connectivity index (χ1) is 11.1. The Morgan fingerprint density at radius 3 is 2.83 bits per heavy atom. The molecule has 4 nitrogen and oxygen atoms in total. The standard InChI is InChI=1S/C19H28O4/c1-5-6-7-8-9-18(20)23-19-14(3)17(21-4)11-15-10-13(2)22-12-16(15)19/h11,13H,5-10,12H2,1-4H3. The minimum atomic E-state index is -0.168. The predicted octanol–water partition coefficient (Wildman–Crippen LogP) is 4.34. The Labute approximate surface area is 139 Å². The quantitative estimate of drug-likeness (QED) is 0.426. The molecule has 4 heteroatoms. The highest BCUT2D eigenvalue weighted by atomic mass is 16.5. The molecule has 1 atom stereocenters. The number of hydrogen-bond acceptors (Lipinski definition) is 4. The van der Waals surface area contributed by atoms with Crippen LogP contribution in [0.1, 0.15) is 62.6 Å². The lowest BCUT2D eigenvalue weighted by molar-refractivity contribution is -0.134. The van der Waals surface area contributed by atoms with Crippen molar-refractivity contribution in [3.05, 3.63) is 22.8 Å². The van der Waals surface area contributed by atoms with Gasteiger partial charge < -0.3 is 14.2 Å². The SMILES string of the molecule is CCCCCCC(=O)Oc1c(C)c(OC)cc2c1COC(C)C2. The highest BCUT2D eigenvalue weighted by Gasteiger charge is 2.24. The number of benzene rings is 1. The second kappa shape index (κ2) is 8.34. The molecule has 128 valence electrons. The summed E-state index contributed by atoms with van der Waals surface area (Å²) in [5.41, 5.74) is 3.01.